The van der Waals surface area contributed by atoms with E-state index in [-0.39, 0.29) is 17.4 Å². The fourth-order valence-electron chi connectivity index (χ4n) is 3.37. The Morgan fingerprint density at radius 2 is 1.68 bits per heavy atom. The van der Waals surface area contributed by atoms with Gasteiger partial charge in [0.05, 0.1) is 5.75 Å². The SMILES string of the molecule is CC[C@H](C(=O)NC(C)(C)C)N(Cc1ccc(C)cc1)C(=O)CSCc1ccccc1C. The Hall–Kier alpha value is -2.27. The summed E-state index contributed by atoms with van der Waals surface area (Å²) in [5.41, 5.74) is 4.33. The number of amides is 2. The van der Waals surface area contributed by atoms with Crippen LogP contribution in [-0.2, 0) is 21.9 Å². The van der Waals surface area contributed by atoms with Gasteiger partial charge in [0, 0.05) is 17.8 Å². The maximum Gasteiger partial charge on any atom is 0.243 e. The molecule has 4 nitrogen and oxygen atoms in total. The Labute approximate surface area is 191 Å². The third-order valence-corrected chi connectivity index (χ3v) is 6.07. The number of carbonyl (C=O) groups is 2. The van der Waals surface area contributed by atoms with E-state index in [1.54, 1.807) is 16.7 Å². The van der Waals surface area contributed by atoms with Crippen molar-refractivity contribution in [3.8, 4) is 0 Å². The number of nitrogens with one attached hydrogen (secondary N) is 1. The van der Waals surface area contributed by atoms with E-state index in [1.165, 1.54) is 16.7 Å². The van der Waals surface area contributed by atoms with Crippen molar-refractivity contribution in [2.24, 2.45) is 0 Å². The van der Waals surface area contributed by atoms with Crippen LogP contribution >= 0.6 is 11.8 Å². The maximum absolute atomic E-state index is 13.3. The van der Waals surface area contributed by atoms with Crippen LogP contribution in [0.4, 0.5) is 0 Å². The zero-order valence-electron chi connectivity index (χ0n) is 19.7. The van der Waals surface area contributed by atoms with Gasteiger partial charge in [-0.3, -0.25) is 9.59 Å². The molecule has 0 radical (unpaired) electrons. The summed E-state index contributed by atoms with van der Waals surface area (Å²) in [6.45, 7) is 12.4. The van der Waals surface area contributed by atoms with Crippen LogP contribution < -0.4 is 5.32 Å². The van der Waals surface area contributed by atoms with E-state index in [0.717, 1.165) is 11.3 Å². The van der Waals surface area contributed by atoms with Gasteiger partial charge in [0.15, 0.2) is 0 Å². The van der Waals surface area contributed by atoms with Crippen LogP contribution in [-0.4, -0.2) is 34.0 Å². The lowest BCUT2D eigenvalue weighted by atomic mass is 10.1. The smallest absolute Gasteiger partial charge is 0.243 e. The average Bonchev–Trinajstić information content (AvgIpc) is 2.69. The number of thioether (sulfide) groups is 1. The summed E-state index contributed by atoms with van der Waals surface area (Å²) in [6.07, 6.45) is 0.571. The van der Waals surface area contributed by atoms with Crippen LogP contribution in [0.1, 0.15) is 56.4 Å². The zero-order chi connectivity index (χ0) is 23.0. The van der Waals surface area contributed by atoms with Crippen LogP contribution in [0, 0.1) is 13.8 Å². The lowest BCUT2D eigenvalue weighted by molar-refractivity contribution is -0.140. The quantitative estimate of drug-likeness (QED) is 0.579. The molecule has 2 aromatic carbocycles. The highest BCUT2D eigenvalue weighted by atomic mass is 32.2. The largest absolute Gasteiger partial charge is 0.350 e. The average molecular weight is 441 g/mol. The number of hydrogen-bond donors (Lipinski definition) is 1. The van der Waals surface area contributed by atoms with Crippen molar-refractivity contribution in [1.29, 1.82) is 0 Å². The highest BCUT2D eigenvalue weighted by Gasteiger charge is 2.30. The minimum Gasteiger partial charge on any atom is -0.350 e. The molecule has 0 heterocycles. The molecule has 168 valence electrons. The first-order valence-electron chi connectivity index (χ1n) is 10.9. The molecule has 5 heteroatoms. The zero-order valence-corrected chi connectivity index (χ0v) is 20.5. The van der Waals surface area contributed by atoms with E-state index in [1.807, 2.05) is 71.0 Å². The molecular weight excluding hydrogens is 404 g/mol. The fraction of sp³-hybridized carbons (Fsp3) is 0.462. The molecule has 2 rings (SSSR count). The Bertz CT molecular complexity index is 872. The number of carbonyl (C=O) groups excluding carboxylic acids is 2. The third kappa shape index (κ3) is 8.06. The number of hydrogen-bond acceptors (Lipinski definition) is 3. The number of aryl methyl sites for hydroxylation is 2. The summed E-state index contributed by atoms with van der Waals surface area (Å²) >= 11 is 1.60. The van der Waals surface area contributed by atoms with Gasteiger partial charge < -0.3 is 10.2 Å². The molecule has 0 aromatic heterocycles. The van der Waals surface area contributed by atoms with Crippen molar-refractivity contribution in [1.82, 2.24) is 10.2 Å². The van der Waals surface area contributed by atoms with Crippen LogP contribution in [0.2, 0.25) is 0 Å². The van der Waals surface area contributed by atoms with Gasteiger partial charge in [0.1, 0.15) is 6.04 Å². The van der Waals surface area contributed by atoms with Gasteiger partial charge in [-0.15, -0.1) is 11.8 Å². The Kier molecular flexibility index (Phi) is 9.17. The molecule has 0 saturated carbocycles. The second-order valence-electron chi connectivity index (χ2n) is 9.09. The highest BCUT2D eigenvalue weighted by molar-refractivity contribution is 7.99. The van der Waals surface area contributed by atoms with E-state index in [9.17, 15) is 9.59 Å². The standard InChI is InChI=1S/C26H36N2O2S/c1-7-23(25(30)27-26(4,5)6)28(16-21-14-12-19(2)13-15-21)24(29)18-31-17-22-11-9-8-10-20(22)3/h8-15,23H,7,16-18H2,1-6H3,(H,27,30)/t23-/m1/s1. The second-order valence-corrected chi connectivity index (χ2v) is 10.1. The summed E-state index contributed by atoms with van der Waals surface area (Å²) in [4.78, 5) is 28.0. The molecular formula is C26H36N2O2S. The Morgan fingerprint density at radius 3 is 2.26 bits per heavy atom. The Morgan fingerprint density at radius 1 is 1.03 bits per heavy atom. The van der Waals surface area contributed by atoms with Crippen molar-refractivity contribution in [2.45, 2.75) is 71.8 Å². The van der Waals surface area contributed by atoms with E-state index >= 15 is 0 Å². The van der Waals surface area contributed by atoms with Crippen molar-refractivity contribution < 1.29 is 9.59 Å². The molecule has 1 atom stereocenters. The molecule has 0 aliphatic heterocycles. The minimum atomic E-state index is -0.493. The topological polar surface area (TPSA) is 49.4 Å². The third-order valence-electron chi connectivity index (χ3n) is 5.10. The summed E-state index contributed by atoms with van der Waals surface area (Å²) in [5, 5.41) is 3.05. The first kappa shape index (κ1) is 25.0. The summed E-state index contributed by atoms with van der Waals surface area (Å²) in [7, 11) is 0. The van der Waals surface area contributed by atoms with E-state index in [2.05, 4.69) is 24.4 Å². The Balaban J connectivity index is 2.16. The van der Waals surface area contributed by atoms with E-state index in [0.29, 0.717) is 18.7 Å². The molecule has 2 amide bonds. The molecule has 0 saturated heterocycles. The van der Waals surface area contributed by atoms with Crippen LogP contribution in [0.15, 0.2) is 48.5 Å². The first-order valence-corrected chi connectivity index (χ1v) is 12.1. The van der Waals surface area contributed by atoms with E-state index < -0.39 is 6.04 Å². The monoisotopic (exact) mass is 440 g/mol. The van der Waals surface area contributed by atoms with Crippen LogP contribution in [0.5, 0.6) is 0 Å². The molecule has 0 fully saturated rings. The number of rotatable bonds is 9. The van der Waals surface area contributed by atoms with Crippen molar-refractivity contribution in [2.75, 3.05) is 5.75 Å². The summed E-state index contributed by atoms with van der Waals surface area (Å²) in [6, 6.07) is 15.9. The first-order chi connectivity index (χ1) is 14.6. The highest BCUT2D eigenvalue weighted by Crippen LogP contribution is 2.19. The van der Waals surface area contributed by atoms with Gasteiger partial charge in [-0.25, -0.2) is 0 Å². The van der Waals surface area contributed by atoms with Gasteiger partial charge in [-0.2, -0.15) is 0 Å². The van der Waals surface area contributed by atoms with Crippen molar-refractivity contribution in [3.05, 3.63) is 70.8 Å². The molecule has 0 unspecified atom stereocenters. The summed E-state index contributed by atoms with van der Waals surface area (Å²) in [5.74, 6) is 1.02. The number of benzene rings is 2. The molecule has 2 aromatic rings. The van der Waals surface area contributed by atoms with Crippen LogP contribution in [0.3, 0.4) is 0 Å². The predicted octanol–water partition coefficient (Wildman–Crippen LogP) is 5.26. The van der Waals surface area contributed by atoms with Crippen molar-refractivity contribution in [3.63, 3.8) is 0 Å². The molecule has 1 N–H and O–H groups in total. The molecule has 0 bridgehead atoms. The molecule has 31 heavy (non-hydrogen) atoms. The lowest BCUT2D eigenvalue weighted by Crippen LogP contribution is -2.53. The fourth-order valence-corrected chi connectivity index (χ4v) is 4.35. The predicted molar refractivity (Wildman–Crippen MR) is 131 cm³/mol. The summed E-state index contributed by atoms with van der Waals surface area (Å²) < 4.78 is 0. The number of nitrogens with zero attached hydrogens (tertiary/aromatic N) is 1. The molecule has 0 aliphatic carbocycles. The normalized spacial score (nSPS) is 12.3. The maximum atomic E-state index is 13.3. The van der Waals surface area contributed by atoms with Crippen LogP contribution in [0.25, 0.3) is 0 Å². The lowest BCUT2D eigenvalue weighted by Gasteiger charge is -2.33. The van der Waals surface area contributed by atoms with Gasteiger partial charge in [-0.1, -0.05) is 61.0 Å². The second kappa shape index (κ2) is 11.4. The van der Waals surface area contributed by atoms with E-state index in [4.69, 9.17) is 0 Å². The van der Waals surface area contributed by atoms with Gasteiger partial charge in [0.2, 0.25) is 11.8 Å². The van der Waals surface area contributed by atoms with Gasteiger partial charge in [0.25, 0.3) is 0 Å². The minimum absolute atomic E-state index is 0.00457. The molecule has 0 spiro atoms. The molecule has 0 aliphatic rings. The van der Waals surface area contributed by atoms with Crippen molar-refractivity contribution >= 4 is 23.6 Å². The van der Waals surface area contributed by atoms with Gasteiger partial charge >= 0.3 is 0 Å². The van der Waals surface area contributed by atoms with Gasteiger partial charge in [-0.05, 0) is 57.7 Å².